The Balaban J connectivity index is 1.56. The van der Waals surface area contributed by atoms with Gasteiger partial charge in [-0.15, -0.1) is 0 Å². The molecule has 0 heterocycles. The molecule has 0 saturated heterocycles. The Hall–Kier alpha value is -3.14. The lowest BCUT2D eigenvalue weighted by Crippen LogP contribution is -2.08. The topological polar surface area (TPSA) is 42.5 Å². The molecule has 0 aliphatic heterocycles. The maximum Gasteiger partial charge on any atom is 0.127 e. The molecule has 0 aliphatic rings. The summed E-state index contributed by atoms with van der Waals surface area (Å²) in [5.74, 6) is 2.45. The lowest BCUT2D eigenvalue weighted by Gasteiger charge is -2.11. The number of hydrogen-bond donors (Lipinski definition) is 2. The molecule has 0 fully saturated rings. The Morgan fingerprint density at radius 3 is 1.57 bits per heavy atom. The van der Waals surface area contributed by atoms with E-state index in [1.165, 1.54) is 0 Å². The summed E-state index contributed by atoms with van der Waals surface area (Å²) in [6, 6.07) is 25.2. The largest absolute Gasteiger partial charge is 0.497 e. The van der Waals surface area contributed by atoms with E-state index >= 15 is 0 Å². The molecule has 0 spiro atoms. The van der Waals surface area contributed by atoms with Crippen LogP contribution in [0.2, 0.25) is 0 Å². The van der Waals surface area contributed by atoms with Crippen molar-refractivity contribution in [3.05, 3.63) is 78.9 Å². The van der Waals surface area contributed by atoms with E-state index in [4.69, 9.17) is 9.47 Å². The highest BCUT2D eigenvalue weighted by atomic mass is 16.5. The fraction of sp³-hybridized carbons (Fsp3) is 0.0526. The zero-order chi connectivity index (χ0) is 15.9. The number of ether oxygens (including phenoxy) is 2. The fourth-order valence-electron chi connectivity index (χ4n) is 2.05. The van der Waals surface area contributed by atoms with Gasteiger partial charge >= 0.3 is 0 Å². The second-order valence-corrected chi connectivity index (χ2v) is 4.92. The summed E-state index contributed by atoms with van der Waals surface area (Å²) in [5, 5.41) is 0. The maximum atomic E-state index is 5.76. The van der Waals surface area contributed by atoms with Gasteiger partial charge in [0.25, 0.3) is 0 Å². The minimum absolute atomic E-state index is 0.797. The van der Waals surface area contributed by atoms with Crippen LogP contribution >= 0.6 is 0 Å². The van der Waals surface area contributed by atoms with Gasteiger partial charge in [-0.05, 0) is 60.7 Å². The molecule has 0 amide bonds. The predicted octanol–water partition coefficient (Wildman–Crippen LogP) is 4.93. The summed E-state index contributed by atoms with van der Waals surface area (Å²) in [7, 11) is 1.65. The first-order valence-corrected chi connectivity index (χ1v) is 7.32. The van der Waals surface area contributed by atoms with Crippen LogP contribution in [-0.2, 0) is 0 Å². The zero-order valence-electron chi connectivity index (χ0n) is 12.8. The summed E-state index contributed by atoms with van der Waals surface area (Å²) in [6.45, 7) is 0. The summed E-state index contributed by atoms with van der Waals surface area (Å²) < 4.78 is 10.9. The first-order chi connectivity index (χ1) is 11.3. The molecule has 4 heteroatoms. The third-order valence-electron chi connectivity index (χ3n) is 3.27. The van der Waals surface area contributed by atoms with Crippen LogP contribution in [-0.4, -0.2) is 7.11 Å². The first kappa shape index (κ1) is 14.8. The molecule has 0 bridgehead atoms. The Labute approximate surface area is 135 Å². The van der Waals surface area contributed by atoms with Crippen LogP contribution in [0.4, 0.5) is 11.4 Å². The molecular weight excluding hydrogens is 288 g/mol. The summed E-state index contributed by atoms with van der Waals surface area (Å²) in [6.07, 6.45) is 0. The van der Waals surface area contributed by atoms with E-state index < -0.39 is 0 Å². The molecule has 116 valence electrons. The molecule has 3 aromatic rings. The highest BCUT2D eigenvalue weighted by molar-refractivity contribution is 5.54. The Morgan fingerprint density at radius 2 is 1.04 bits per heavy atom. The zero-order valence-corrected chi connectivity index (χ0v) is 12.8. The quantitative estimate of drug-likeness (QED) is 0.634. The maximum absolute atomic E-state index is 5.76. The van der Waals surface area contributed by atoms with Crippen LogP contribution in [0.15, 0.2) is 78.9 Å². The molecule has 3 rings (SSSR count). The van der Waals surface area contributed by atoms with Gasteiger partial charge in [-0.25, -0.2) is 0 Å². The van der Waals surface area contributed by atoms with Crippen molar-refractivity contribution in [1.82, 2.24) is 0 Å². The van der Waals surface area contributed by atoms with Gasteiger partial charge in [0, 0.05) is 0 Å². The average molecular weight is 306 g/mol. The second kappa shape index (κ2) is 7.22. The summed E-state index contributed by atoms with van der Waals surface area (Å²) in [4.78, 5) is 0. The number of rotatable bonds is 6. The number of nitrogens with one attached hydrogen (secondary N) is 2. The van der Waals surface area contributed by atoms with Gasteiger partial charge in [0.15, 0.2) is 0 Å². The number of methoxy groups -OCH3 is 1. The van der Waals surface area contributed by atoms with Crippen LogP contribution in [0.25, 0.3) is 0 Å². The van der Waals surface area contributed by atoms with Gasteiger partial charge in [-0.2, -0.15) is 0 Å². The molecule has 0 atom stereocenters. The van der Waals surface area contributed by atoms with Gasteiger partial charge in [0.2, 0.25) is 0 Å². The molecule has 0 aliphatic carbocycles. The molecule has 0 saturated carbocycles. The molecular formula is C19H18N2O2. The second-order valence-electron chi connectivity index (χ2n) is 4.92. The highest BCUT2D eigenvalue weighted by Gasteiger charge is 1.98. The number of benzene rings is 3. The van der Waals surface area contributed by atoms with Crippen molar-refractivity contribution in [3.63, 3.8) is 0 Å². The summed E-state index contributed by atoms with van der Waals surface area (Å²) in [5.41, 5.74) is 8.18. The van der Waals surface area contributed by atoms with Crippen LogP contribution < -0.4 is 20.3 Å². The van der Waals surface area contributed by atoms with E-state index in [1.807, 2.05) is 78.9 Å². The van der Waals surface area contributed by atoms with Gasteiger partial charge in [-0.1, -0.05) is 18.2 Å². The monoisotopic (exact) mass is 306 g/mol. The van der Waals surface area contributed by atoms with E-state index in [0.717, 1.165) is 28.6 Å². The minimum atomic E-state index is 0.797. The van der Waals surface area contributed by atoms with Gasteiger partial charge in [0.05, 0.1) is 18.5 Å². The molecule has 23 heavy (non-hydrogen) atoms. The predicted molar refractivity (Wildman–Crippen MR) is 93.2 cm³/mol. The molecule has 3 aromatic carbocycles. The van der Waals surface area contributed by atoms with E-state index in [-0.39, 0.29) is 0 Å². The molecule has 0 aromatic heterocycles. The Kier molecular flexibility index (Phi) is 4.64. The average Bonchev–Trinajstić information content (AvgIpc) is 2.62. The van der Waals surface area contributed by atoms with Gasteiger partial charge in [0.1, 0.15) is 17.2 Å². The third-order valence-corrected chi connectivity index (χ3v) is 3.27. The lowest BCUT2D eigenvalue weighted by atomic mass is 10.3. The van der Waals surface area contributed by atoms with Crippen LogP contribution in [0.3, 0.4) is 0 Å². The summed E-state index contributed by atoms with van der Waals surface area (Å²) >= 11 is 0. The van der Waals surface area contributed by atoms with Crippen molar-refractivity contribution < 1.29 is 9.47 Å². The minimum Gasteiger partial charge on any atom is -0.497 e. The SMILES string of the molecule is COc1ccc(NNc2ccc(Oc3ccccc3)cc2)cc1. The van der Waals surface area contributed by atoms with Crippen molar-refractivity contribution in [2.75, 3.05) is 18.0 Å². The van der Waals surface area contributed by atoms with Crippen molar-refractivity contribution >= 4 is 11.4 Å². The Bertz CT molecular complexity index is 726. The van der Waals surface area contributed by atoms with Gasteiger partial charge < -0.3 is 20.3 Å². The van der Waals surface area contributed by atoms with Crippen molar-refractivity contribution in [1.29, 1.82) is 0 Å². The van der Waals surface area contributed by atoms with E-state index in [1.54, 1.807) is 7.11 Å². The normalized spacial score (nSPS) is 9.96. The molecule has 4 nitrogen and oxygen atoms in total. The molecule has 0 unspecified atom stereocenters. The highest BCUT2D eigenvalue weighted by Crippen LogP contribution is 2.23. The van der Waals surface area contributed by atoms with E-state index in [0.29, 0.717) is 0 Å². The molecule has 0 radical (unpaired) electrons. The fourth-order valence-corrected chi connectivity index (χ4v) is 2.05. The van der Waals surface area contributed by atoms with Crippen LogP contribution in [0.1, 0.15) is 0 Å². The van der Waals surface area contributed by atoms with Crippen molar-refractivity contribution in [2.45, 2.75) is 0 Å². The van der Waals surface area contributed by atoms with Crippen molar-refractivity contribution in [2.24, 2.45) is 0 Å². The van der Waals surface area contributed by atoms with Crippen LogP contribution in [0.5, 0.6) is 17.2 Å². The molecule has 2 N–H and O–H groups in total. The van der Waals surface area contributed by atoms with Gasteiger partial charge in [-0.3, -0.25) is 0 Å². The lowest BCUT2D eigenvalue weighted by molar-refractivity contribution is 0.415. The number of para-hydroxylation sites is 1. The van der Waals surface area contributed by atoms with Crippen LogP contribution in [0, 0.1) is 0 Å². The first-order valence-electron chi connectivity index (χ1n) is 7.32. The van der Waals surface area contributed by atoms with E-state index in [2.05, 4.69) is 10.9 Å². The standard InChI is InChI=1S/C19H18N2O2/c1-22-17-11-7-15(8-12-17)20-21-16-9-13-19(14-10-16)23-18-5-3-2-4-6-18/h2-14,20-21H,1H3. The smallest absolute Gasteiger partial charge is 0.127 e. The van der Waals surface area contributed by atoms with E-state index in [9.17, 15) is 0 Å². The van der Waals surface area contributed by atoms with Crippen molar-refractivity contribution in [3.8, 4) is 17.2 Å². The Morgan fingerprint density at radius 1 is 0.565 bits per heavy atom. The number of anilines is 2. The number of hydrazine groups is 1. The third kappa shape index (κ3) is 4.17. The number of hydrogen-bond acceptors (Lipinski definition) is 4.